The molecule has 3 aromatic rings. The van der Waals surface area contributed by atoms with Crippen LogP contribution in [-0.2, 0) is 14.9 Å². The zero-order chi connectivity index (χ0) is 17.7. The average Bonchev–Trinajstić information content (AvgIpc) is 3.15. The standard InChI is InChI=1S/C18H16N2O4S/c1-23-19-13-14-9-10-16(18-8-5-11-24-18)17(12-14)20-25(21,22)15-6-3-2-4-7-15/h2-13,20H,1H3/b19-13-. The predicted molar refractivity (Wildman–Crippen MR) is 96.0 cm³/mol. The minimum absolute atomic E-state index is 0.177. The van der Waals surface area contributed by atoms with Crippen molar-refractivity contribution in [2.24, 2.45) is 5.16 Å². The second-order valence-electron chi connectivity index (χ2n) is 5.12. The fourth-order valence-electron chi connectivity index (χ4n) is 2.29. The molecule has 0 atom stereocenters. The van der Waals surface area contributed by atoms with Crippen molar-refractivity contribution in [3.8, 4) is 11.3 Å². The topological polar surface area (TPSA) is 80.9 Å². The molecule has 0 bridgehead atoms. The van der Waals surface area contributed by atoms with Gasteiger partial charge in [0.05, 0.1) is 23.1 Å². The Labute approximate surface area is 145 Å². The third-order valence-corrected chi connectivity index (χ3v) is 4.82. The number of rotatable bonds is 6. The molecule has 0 unspecified atom stereocenters. The summed E-state index contributed by atoms with van der Waals surface area (Å²) in [4.78, 5) is 4.85. The van der Waals surface area contributed by atoms with Gasteiger partial charge in [-0.2, -0.15) is 0 Å². The molecule has 0 radical (unpaired) electrons. The van der Waals surface area contributed by atoms with Crippen molar-refractivity contribution in [3.05, 3.63) is 72.5 Å². The summed E-state index contributed by atoms with van der Waals surface area (Å²) in [5.74, 6) is 0.556. The number of oxime groups is 1. The van der Waals surface area contributed by atoms with Gasteiger partial charge in [0, 0.05) is 5.56 Å². The monoisotopic (exact) mass is 356 g/mol. The lowest BCUT2D eigenvalue weighted by Crippen LogP contribution is -2.13. The molecule has 2 aromatic carbocycles. The molecule has 0 aliphatic rings. The van der Waals surface area contributed by atoms with E-state index in [0.29, 0.717) is 22.6 Å². The van der Waals surface area contributed by atoms with Gasteiger partial charge >= 0.3 is 0 Å². The normalized spacial score (nSPS) is 11.6. The van der Waals surface area contributed by atoms with Crippen molar-refractivity contribution in [2.75, 3.05) is 11.8 Å². The van der Waals surface area contributed by atoms with Crippen LogP contribution in [-0.4, -0.2) is 21.7 Å². The molecule has 128 valence electrons. The van der Waals surface area contributed by atoms with Gasteiger partial charge in [0.15, 0.2) is 0 Å². The maximum absolute atomic E-state index is 12.6. The highest BCUT2D eigenvalue weighted by Gasteiger charge is 2.17. The van der Waals surface area contributed by atoms with Crippen LogP contribution in [0.1, 0.15) is 5.56 Å². The van der Waals surface area contributed by atoms with E-state index in [9.17, 15) is 8.42 Å². The Morgan fingerprint density at radius 3 is 2.56 bits per heavy atom. The van der Waals surface area contributed by atoms with Crippen LogP contribution in [0.5, 0.6) is 0 Å². The molecule has 1 aromatic heterocycles. The third kappa shape index (κ3) is 3.89. The van der Waals surface area contributed by atoms with Crippen LogP contribution in [0.25, 0.3) is 11.3 Å². The summed E-state index contributed by atoms with van der Waals surface area (Å²) in [7, 11) is -2.29. The molecular formula is C18H16N2O4S. The SMILES string of the molecule is CO/N=C\c1ccc(-c2ccco2)c(NS(=O)(=O)c2ccccc2)c1. The maximum Gasteiger partial charge on any atom is 0.261 e. The molecule has 0 amide bonds. The lowest BCUT2D eigenvalue weighted by atomic mass is 10.1. The number of sulfonamides is 1. The summed E-state index contributed by atoms with van der Waals surface area (Å²) in [6.07, 6.45) is 3.03. The summed E-state index contributed by atoms with van der Waals surface area (Å²) in [5, 5.41) is 3.70. The van der Waals surface area contributed by atoms with E-state index in [4.69, 9.17) is 4.42 Å². The van der Waals surface area contributed by atoms with E-state index in [0.717, 1.165) is 0 Å². The van der Waals surface area contributed by atoms with Gasteiger partial charge in [0.1, 0.15) is 12.9 Å². The first-order valence-electron chi connectivity index (χ1n) is 7.42. The highest BCUT2D eigenvalue weighted by molar-refractivity contribution is 7.92. The molecule has 0 aliphatic carbocycles. The number of nitrogens with one attached hydrogen (secondary N) is 1. The Morgan fingerprint density at radius 2 is 1.88 bits per heavy atom. The largest absolute Gasteiger partial charge is 0.464 e. The van der Waals surface area contributed by atoms with Crippen LogP contribution in [0.3, 0.4) is 0 Å². The van der Waals surface area contributed by atoms with E-state index in [1.807, 2.05) is 0 Å². The fraction of sp³-hybridized carbons (Fsp3) is 0.0556. The zero-order valence-corrected chi connectivity index (χ0v) is 14.2. The van der Waals surface area contributed by atoms with Crippen molar-refractivity contribution in [1.29, 1.82) is 0 Å². The Balaban J connectivity index is 2.04. The van der Waals surface area contributed by atoms with E-state index in [-0.39, 0.29) is 4.90 Å². The number of hydrogen-bond donors (Lipinski definition) is 1. The van der Waals surface area contributed by atoms with E-state index in [2.05, 4.69) is 14.7 Å². The third-order valence-electron chi connectivity index (χ3n) is 3.44. The zero-order valence-electron chi connectivity index (χ0n) is 13.4. The molecule has 0 saturated carbocycles. The van der Waals surface area contributed by atoms with E-state index >= 15 is 0 Å². The van der Waals surface area contributed by atoms with Crippen LogP contribution in [0.15, 0.2) is 81.4 Å². The molecule has 1 N–H and O–H groups in total. The van der Waals surface area contributed by atoms with Crippen molar-refractivity contribution in [2.45, 2.75) is 4.90 Å². The molecule has 0 fully saturated rings. The summed E-state index contributed by atoms with van der Waals surface area (Å²) in [6.45, 7) is 0. The summed E-state index contributed by atoms with van der Waals surface area (Å²) >= 11 is 0. The van der Waals surface area contributed by atoms with Crippen molar-refractivity contribution >= 4 is 21.9 Å². The Kier molecular flexibility index (Phi) is 4.85. The van der Waals surface area contributed by atoms with Crippen LogP contribution in [0.4, 0.5) is 5.69 Å². The minimum atomic E-state index is -3.73. The van der Waals surface area contributed by atoms with E-state index < -0.39 is 10.0 Å². The summed E-state index contributed by atoms with van der Waals surface area (Å²) < 4.78 is 33.3. The van der Waals surface area contributed by atoms with Gasteiger partial charge in [-0.3, -0.25) is 4.72 Å². The number of benzene rings is 2. The van der Waals surface area contributed by atoms with Gasteiger partial charge in [-0.1, -0.05) is 29.4 Å². The summed E-state index contributed by atoms with van der Waals surface area (Å²) in [6, 6.07) is 16.9. The molecule has 1 heterocycles. The van der Waals surface area contributed by atoms with Gasteiger partial charge in [0.25, 0.3) is 10.0 Å². The van der Waals surface area contributed by atoms with E-state index in [1.54, 1.807) is 48.5 Å². The minimum Gasteiger partial charge on any atom is -0.464 e. The molecule has 0 saturated heterocycles. The molecule has 25 heavy (non-hydrogen) atoms. The second-order valence-corrected chi connectivity index (χ2v) is 6.80. The highest BCUT2D eigenvalue weighted by Crippen LogP contribution is 2.31. The molecule has 0 aliphatic heterocycles. The fourth-order valence-corrected chi connectivity index (χ4v) is 3.38. The lowest BCUT2D eigenvalue weighted by molar-refractivity contribution is 0.215. The highest BCUT2D eigenvalue weighted by atomic mass is 32.2. The first-order chi connectivity index (χ1) is 12.1. The maximum atomic E-state index is 12.6. The van der Waals surface area contributed by atoms with Crippen molar-refractivity contribution in [1.82, 2.24) is 0 Å². The van der Waals surface area contributed by atoms with Crippen LogP contribution < -0.4 is 4.72 Å². The Bertz CT molecular complexity index is 966. The number of anilines is 1. The number of hydrogen-bond acceptors (Lipinski definition) is 5. The lowest BCUT2D eigenvalue weighted by Gasteiger charge is -2.12. The molecule has 0 spiro atoms. The van der Waals surface area contributed by atoms with Crippen LogP contribution in [0, 0.1) is 0 Å². The van der Waals surface area contributed by atoms with Crippen LogP contribution >= 0.6 is 0 Å². The Morgan fingerprint density at radius 1 is 1.08 bits per heavy atom. The van der Waals surface area contributed by atoms with Gasteiger partial charge in [-0.15, -0.1) is 0 Å². The number of furan rings is 1. The average molecular weight is 356 g/mol. The quantitative estimate of drug-likeness (QED) is 0.539. The van der Waals surface area contributed by atoms with Gasteiger partial charge in [0.2, 0.25) is 0 Å². The molecular weight excluding hydrogens is 340 g/mol. The van der Waals surface area contributed by atoms with Crippen molar-refractivity contribution < 1.29 is 17.7 Å². The predicted octanol–water partition coefficient (Wildman–Crippen LogP) is 3.73. The number of nitrogens with zero attached hydrogens (tertiary/aromatic N) is 1. The second kappa shape index (κ2) is 7.23. The summed E-state index contributed by atoms with van der Waals surface area (Å²) in [5.41, 5.74) is 1.70. The molecule has 6 nitrogen and oxygen atoms in total. The van der Waals surface area contributed by atoms with E-state index in [1.165, 1.54) is 31.7 Å². The first kappa shape index (κ1) is 16.8. The molecule has 7 heteroatoms. The molecule has 3 rings (SSSR count). The van der Waals surface area contributed by atoms with Crippen molar-refractivity contribution in [3.63, 3.8) is 0 Å². The van der Waals surface area contributed by atoms with Gasteiger partial charge < -0.3 is 9.25 Å². The van der Waals surface area contributed by atoms with Gasteiger partial charge in [-0.25, -0.2) is 8.42 Å². The van der Waals surface area contributed by atoms with Gasteiger partial charge in [-0.05, 0) is 42.0 Å². The first-order valence-corrected chi connectivity index (χ1v) is 8.91. The Hall–Kier alpha value is -3.06. The smallest absolute Gasteiger partial charge is 0.261 e. The van der Waals surface area contributed by atoms with Crippen LogP contribution in [0.2, 0.25) is 0 Å².